The second-order valence-electron chi connectivity index (χ2n) is 4.81. The Morgan fingerprint density at radius 3 is 2.36 bits per heavy atom. The molecule has 0 amide bonds. The van der Waals surface area contributed by atoms with Crippen molar-refractivity contribution < 1.29 is 22.8 Å². The highest BCUT2D eigenvalue weighted by molar-refractivity contribution is 7.79. The van der Waals surface area contributed by atoms with Crippen molar-refractivity contribution in [2.24, 2.45) is 5.92 Å². The van der Waals surface area contributed by atoms with Gasteiger partial charge in [-0.2, -0.15) is 0 Å². The molecule has 8 heteroatoms. The zero-order chi connectivity index (χ0) is 16.4. The molecule has 22 heavy (non-hydrogen) atoms. The summed E-state index contributed by atoms with van der Waals surface area (Å²) in [7, 11) is 0. The zero-order valence-electron chi connectivity index (χ0n) is 11.6. The summed E-state index contributed by atoms with van der Waals surface area (Å²) >= 11 is 10.3. The maximum atomic E-state index is 12.5. The normalized spacial score (nSPS) is 17.4. The van der Waals surface area contributed by atoms with Gasteiger partial charge in [0.05, 0.1) is 10.0 Å². The van der Waals surface area contributed by atoms with Crippen molar-refractivity contribution in [1.82, 2.24) is 0 Å². The van der Waals surface area contributed by atoms with E-state index in [2.05, 4.69) is 0 Å². The van der Waals surface area contributed by atoms with Crippen molar-refractivity contribution in [2.45, 2.75) is 19.3 Å². The number of halogens is 2. The molecule has 1 aromatic carbocycles. The number of carbonyl (C=O) groups is 3. The first-order chi connectivity index (χ1) is 10.3. The Morgan fingerprint density at radius 2 is 1.82 bits per heavy atom. The largest absolute Gasteiger partial charge is 0.397 e. The van der Waals surface area contributed by atoms with E-state index in [-0.39, 0.29) is 34.2 Å². The Kier molecular flexibility index (Phi) is 5.36. The van der Waals surface area contributed by atoms with Gasteiger partial charge in [0.1, 0.15) is 5.92 Å². The molecule has 118 valence electrons. The fourth-order valence-electron chi connectivity index (χ4n) is 2.27. The first-order valence-electron chi connectivity index (χ1n) is 6.42. The van der Waals surface area contributed by atoms with E-state index in [4.69, 9.17) is 27.4 Å². The van der Waals surface area contributed by atoms with Crippen LogP contribution in [-0.2, 0) is 20.7 Å². The molecule has 0 aromatic heterocycles. The molecule has 1 aromatic rings. The molecule has 0 N–H and O–H groups in total. The van der Waals surface area contributed by atoms with Crippen molar-refractivity contribution in [3.05, 3.63) is 27.7 Å². The van der Waals surface area contributed by atoms with Gasteiger partial charge in [0.25, 0.3) is 0 Å². The Hall–Kier alpha value is -1.24. The van der Waals surface area contributed by atoms with Crippen LogP contribution in [0.15, 0.2) is 12.1 Å². The third kappa shape index (κ3) is 3.39. The fraction of sp³-hybridized carbons (Fsp3) is 0.357. The summed E-state index contributed by atoms with van der Waals surface area (Å²) in [5, 5.41) is -0.0723. The van der Waals surface area contributed by atoms with E-state index in [0.29, 0.717) is 6.42 Å². The maximum Gasteiger partial charge on any atom is 0.203 e. The van der Waals surface area contributed by atoms with Gasteiger partial charge in [0.2, 0.25) is 11.1 Å². The molecule has 1 aliphatic rings. The number of carbonyl (C=O) groups excluding carboxylic acids is 3. The second kappa shape index (κ2) is 6.89. The van der Waals surface area contributed by atoms with Crippen LogP contribution in [0.3, 0.4) is 0 Å². The Morgan fingerprint density at radius 1 is 1.23 bits per heavy atom. The molecular formula is C14H12Cl2O5S. The standard InChI is InChI=1S/C14H12Cl2O5S/c1-22(20)21-14-8(15)6-5-7(12(14)16)13(19)11-9(17)3-2-4-10(11)18/h5-6,11H,2-4H2,1H3. The highest BCUT2D eigenvalue weighted by Gasteiger charge is 2.37. The van der Waals surface area contributed by atoms with E-state index in [1.807, 2.05) is 0 Å². The van der Waals surface area contributed by atoms with E-state index < -0.39 is 34.3 Å². The van der Waals surface area contributed by atoms with Gasteiger partial charge in [-0.1, -0.05) is 23.2 Å². The topological polar surface area (TPSA) is 77.5 Å². The number of rotatable bonds is 4. The first-order valence-corrected chi connectivity index (χ1v) is 8.66. The molecule has 5 nitrogen and oxygen atoms in total. The quantitative estimate of drug-likeness (QED) is 0.607. The maximum absolute atomic E-state index is 12.5. The molecule has 1 saturated carbocycles. The molecule has 1 atom stereocenters. The van der Waals surface area contributed by atoms with E-state index in [9.17, 15) is 18.6 Å². The molecule has 0 heterocycles. The molecular weight excluding hydrogens is 351 g/mol. The molecule has 0 bridgehead atoms. The summed E-state index contributed by atoms with van der Waals surface area (Å²) in [6.45, 7) is 0. The van der Waals surface area contributed by atoms with Crippen LogP contribution in [0.2, 0.25) is 10.0 Å². The monoisotopic (exact) mass is 362 g/mol. The van der Waals surface area contributed by atoms with Crippen molar-refractivity contribution in [2.75, 3.05) is 6.26 Å². The molecule has 1 unspecified atom stereocenters. The van der Waals surface area contributed by atoms with E-state index in [0.717, 1.165) is 0 Å². The molecule has 0 spiro atoms. The summed E-state index contributed by atoms with van der Waals surface area (Å²) < 4.78 is 16.2. The van der Waals surface area contributed by atoms with Gasteiger partial charge in [0, 0.05) is 24.7 Å². The van der Waals surface area contributed by atoms with Crippen molar-refractivity contribution in [1.29, 1.82) is 0 Å². The fourth-order valence-corrected chi connectivity index (χ4v) is 3.31. The molecule has 2 rings (SSSR count). The van der Waals surface area contributed by atoms with Crippen molar-refractivity contribution >= 4 is 51.6 Å². The van der Waals surface area contributed by atoms with Crippen LogP contribution in [0.1, 0.15) is 29.6 Å². The molecule has 0 radical (unpaired) electrons. The zero-order valence-corrected chi connectivity index (χ0v) is 13.9. The van der Waals surface area contributed by atoms with Crippen LogP contribution in [0.25, 0.3) is 0 Å². The molecule has 1 fully saturated rings. The Labute approximate surface area is 139 Å². The minimum Gasteiger partial charge on any atom is -0.397 e. The lowest BCUT2D eigenvalue weighted by Gasteiger charge is -2.19. The first kappa shape index (κ1) is 17.1. The predicted molar refractivity (Wildman–Crippen MR) is 82.8 cm³/mol. The molecule has 1 aliphatic carbocycles. The van der Waals surface area contributed by atoms with Gasteiger partial charge in [-0.3, -0.25) is 14.4 Å². The molecule has 0 saturated heterocycles. The van der Waals surface area contributed by atoms with Crippen LogP contribution < -0.4 is 4.18 Å². The summed E-state index contributed by atoms with van der Waals surface area (Å²) in [6.07, 6.45) is 2.11. The second-order valence-corrected chi connectivity index (χ2v) is 6.56. The van der Waals surface area contributed by atoms with Gasteiger partial charge < -0.3 is 4.18 Å². The highest BCUT2D eigenvalue weighted by atomic mass is 35.5. The van der Waals surface area contributed by atoms with Gasteiger partial charge in [-0.25, -0.2) is 4.21 Å². The van der Waals surface area contributed by atoms with Gasteiger partial charge in [-0.05, 0) is 18.6 Å². The third-order valence-corrected chi connectivity index (χ3v) is 4.34. The van der Waals surface area contributed by atoms with Gasteiger partial charge in [0.15, 0.2) is 23.1 Å². The Balaban J connectivity index is 2.44. The summed E-state index contributed by atoms with van der Waals surface area (Å²) in [5.74, 6) is -2.93. The predicted octanol–water partition coefficient (Wildman–Crippen LogP) is 2.79. The molecule has 0 aliphatic heterocycles. The van der Waals surface area contributed by atoms with Crippen LogP contribution >= 0.6 is 23.2 Å². The smallest absolute Gasteiger partial charge is 0.203 e. The number of hydrogen-bond acceptors (Lipinski definition) is 5. The number of ketones is 3. The van der Waals surface area contributed by atoms with Crippen LogP contribution in [0.5, 0.6) is 5.75 Å². The van der Waals surface area contributed by atoms with E-state index in [1.165, 1.54) is 18.4 Å². The lowest BCUT2D eigenvalue weighted by molar-refractivity contribution is -0.133. The minimum atomic E-state index is -1.69. The number of hydrogen-bond donors (Lipinski definition) is 0. The van der Waals surface area contributed by atoms with Crippen LogP contribution in [-0.4, -0.2) is 27.8 Å². The summed E-state index contributed by atoms with van der Waals surface area (Å²) in [5.41, 5.74) is -0.0416. The van der Waals surface area contributed by atoms with Gasteiger partial charge >= 0.3 is 0 Å². The third-order valence-electron chi connectivity index (χ3n) is 3.27. The highest BCUT2D eigenvalue weighted by Crippen LogP contribution is 2.37. The average molecular weight is 363 g/mol. The SMILES string of the molecule is CS(=O)Oc1c(Cl)ccc(C(=O)C2C(=O)CCCC2=O)c1Cl. The Bertz CT molecular complexity index is 670. The lowest BCUT2D eigenvalue weighted by atomic mass is 9.81. The van der Waals surface area contributed by atoms with Crippen molar-refractivity contribution in [3.63, 3.8) is 0 Å². The summed E-state index contributed by atoms with van der Waals surface area (Å²) in [6, 6.07) is 2.67. The lowest BCUT2D eigenvalue weighted by Crippen LogP contribution is -2.35. The summed E-state index contributed by atoms with van der Waals surface area (Å²) in [4.78, 5) is 36.2. The average Bonchev–Trinajstić information content (AvgIpc) is 2.43. The van der Waals surface area contributed by atoms with Crippen LogP contribution in [0.4, 0.5) is 0 Å². The van der Waals surface area contributed by atoms with Crippen molar-refractivity contribution in [3.8, 4) is 5.75 Å². The minimum absolute atomic E-state index is 0.0416. The van der Waals surface area contributed by atoms with Gasteiger partial charge in [-0.15, -0.1) is 0 Å². The van der Waals surface area contributed by atoms with Crippen LogP contribution in [0, 0.1) is 5.92 Å². The number of benzene rings is 1. The number of Topliss-reactive ketones (excluding diaryl/α,β-unsaturated/α-hetero) is 3. The van der Waals surface area contributed by atoms with E-state index in [1.54, 1.807) is 0 Å². The van der Waals surface area contributed by atoms with E-state index >= 15 is 0 Å².